The van der Waals surface area contributed by atoms with Crippen LogP contribution in [0.5, 0.6) is 11.5 Å². The molecule has 0 spiro atoms. The van der Waals surface area contributed by atoms with Gasteiger partial charge in [0.25, 0.3) is 0 Å². The smallest absolute Gasteiger partial charge is 0.161 e. The molecule has 4 nitrogen and oxygen atoms in total. The highest BCUT2D eigenvalue weighted by Gasteiger charge is 2.07. The zero-order valence-electron chi connectivity index (χ0n) is 11.2. The Labute approximate surface area is 109 Å². The molecular weight excluding hydrogens is 228 g/mol. The second-order valence-electron chi connectivity index (χ2n) is 4.04. The second-order valence-corrected chi connectivity index (χ2v) is 4.04. The van der Waals surface area contributed by atoms with Crippen molar-refractivity contribution in [3.05, 3.63) is 23.3 Å². The van der Waals surface area contributed by atoms with Gasteiger partial charge in [-0.3, -0.25) is 0 Å². The molecule has 0 aliphatic carbocycles. The van der Waals surface area contributed by atoms with Gasteiger partial charge in [-0.2, -0.15) is 5.26 Å². The average molecular weight is 248 g/mol. The van der Waals surface area contributed by atoms with Gasteiger partial charge in [-0.15, -0.1) is 0 Å². The van der Waals surface area contributed by atoms with Crippen LogP contribution in [0.2, 0.25) is 0 Å². The van der Waals surface area contributed by atoms with Crippen LogP contribution in [0.25, 0.3) is 0 Å². The van der Waals surface area contributed by atoms with E-state index in [4.69, 9.17) is 14.7 Å². The van der Waals surface area contributed by atoms with Gasteiger partial charge in [0.15, 0.2) is 11.5 Å². The molecule has 0 saturated carbocycles. The molecular formula is C14H20N2O2. The number of aryl methyl sites for hydroxylation is 1. The van der Waals surface area contributed by atoms with Gasteiger partial charge < -0.3 is 14.8 Å². The van der Waals surface area contributed by atoms with E-state index in [9.17, 15) is 0 Å². The molecule has 0 bridgehead atoms. The van der Waals surface area contributed by atoms with Gasteiger partial charge in [0.05, 0.1) is 20.3 Å². The zero-order chi connectivity index (χ0) is 13.4. The van der Waals surface area contributed by atoms with Crippen LogP contribution < -0.4 is 14.8 Å². The number of nitrogens with zero attached hydrogens (tertiary/aromatic N) is 1. The minimum atomic E-state index is 0.547. The van der Waals surface area contributed by atoms with Crippen molar-refractivity contribution in [1.82, 2.24) is 5.32 Å². The molecule has 1 aromatic rings. The summed E-state index contributed by atoms with van der Waals surface area (Å²) in [5.41, 5.74) is 2.42. The van der Waals surface area contributed by atoms with Crippen LogP contribution >= 0.6 is 0 Å². The number of methoxy groups -OCH3 is 2. The Hall–Kier alpha value is -1.73. The highest BCUT2D eigenvalue weighted by atomic mass is 16.5. The predicted molar refractivity (Wildman–Crippen MR) is 71.1 cm³/mol. The molecule has 0 heterocycles. The van der Waals surface area contributed by atoms with Crippen molar-refractivity contribution < 1.29 is 9.47 Å². The van der Waals surface area contributed by atoms with Gasteiger partial charge in [-0.1, -0.05) is 0 Å². The lowest BCUT2D eigenvalue weighted by Gasteiger charge is -2.12. The maximum Gasteiger partial charge on any atom is 0.161 e. The van der Waals surface area contributed by atoms with E-state index in [1.807, 2.05) is 12.1 Å². The number of ether oxygens (including phenoxy) is 2. The standard InChI is InChI=1S/C14H20N2O2/c1-11-9-13(17-2)14(18-3)10-12(11)5-8-16-7-4-6-15/h9-10,16H,4-5,7-8H2,1-3H3. The summed E-state index contributed by atoms with van der Waals surface area (Å²) in [6.45, 7) is 3.66. The summed E-state index contributed by atoms with van der Waals surface area (Å²) in [5, 5.41) is 11.7. The van der Waals surface area contributed by atoms with Crippen LogP contribution in [0.1, 0.15) is 17.5 Å². The molecule has 0 saturated heterocycles. The molecule has 0 amide bonds. The van der Waals surface area contributed by atoms with Gasteiger partial charge >= 0.3 is 0 Å². The van der Waals surface area contributed by atoms with Gasteiger partial charge in [0, 0.05) is 13.0 Å². The summed E-state index contributed by atoms with van der Waals surface area (Å²) in [5.74, 6) is 1.52. The van der Waals surface area contributed by atoms with Gasteiger partial charge in [-0.25, -0.2) is 0 Å². The van der Waals surface area contributed by atoms with Crippen LogP contribution in [0, 0.1) is 18.3 Å². The predicted octanol–water partition coefficient (Wildman–Crippen LogP) is 2.06. The summed E-state index contributed by atoms with van der Waals surface area (Å²) >= 11 is 0. The number of nitrogens with one attached hydrogen (secondary N) is 1. The van der Waals surface area contributed by atoms with Crippen molar-refractivity contribution in [1.29, 1.82) is 5.26 Å². The van der Waals surface area contributed by atoms with E-state index in [0.29, 0.717) is 6.42 Å². The third kappa shape index (κ3) is 3.94. The topological polar surface area (TPSA) is 54.3 Å². The molecule has 18 heavy (non-hydrogen) atoms. The van der Waals surface area contributed by atoms with E-state index in [0.717, 1.165) is 31.0 Å². The highest BCUT2D eigenvalue weighted by Crippen LogP contribution is 2.30. The first-order valence-electron chi connectivity index (χ1n) is 6.02. The fourth-order valence-corrected chi connectivity index (χ4v) is 1.78. The van der Waals surface area contributed by atoms with Crippen LogP contribution in [0.3, 0.4) is 0 Å². The SMILES string of the molecule is COc1cc(C)c(CCNCCC#N)cc1OC. The van der Waals surface area contributed by atoms with Crippen molar-refractivity contribution in [3.8, 4) is 17.6 Å². The van der Waals surface area contributed by atoms with E-state index >= 15 is 0 Å². The van der Waals surface area contributed by atoms with Gasteiger partial charge in [0.2, 0.25) is 0 Å². The molecule has 1 aromatic carbocycles. The summed E-state index contributed by atoms with van der Waals surface area (Å²) in [6.07, 6.45) is 1.46. The largest absolute Gasteiger partial charge is 0.493 e. The second kappa shape index (κ2) is 7.57. The number of hydrogen-bond donors (Lipinski definition) is 1. The van der Waals surface area contributed by atoms with Crippen molar-refractivity contribution in [2.75, 3.05) is 27.3 Å². The summed E-state index contributed by atoms with van der Waals surface area (Å²) in [6, 6.07) is 6.12. The normalized spacial score (nSPS) is 9.89. The van der Waals surface area contributed by atoms with E-state index in [1.54, 1.807) is 14.2 Å². The van der Waals surface area contributed by atoms with Gasteiger partial charge in [0.1, 0.15) is 0 Å². The van der Waals surface area contributed by atoms with Crippen LogP contribution in [0.4, 0.5) is 0 Å². The minimum absolute atomic E-state index is 0.547. The molecule has 0 unspecified atom stereocenters. The molecule has 1 rings (SSSR count). The molecule has 0 radical (unpaired) electrons. The van der Waals surface area contributed by atoms with Gasteiger partial charge in [-0.05, 0) is 43.1 Å². The number of nitriles is 1. The van der Waals surface area contributed by atoms with Crippen molar-refractivity contribution in [2.24, 2.45) is 0 Å². The van der Waals surface area contributed by atoms with Crippen LogP contribution in [-0.2, 0) is 6.42 Å². The molecule has 0 aromatic heterocycles. The van der Waals surface area contributed by atoms with E-state index < -0.39 is 0 Å². The fourth-order valence-electron chi connectivity index (χ4n) is 1.78. The van der Waals surface area contributed by atoms with E-state index in [1.165, 1.54) is 11.1 Å². The maximum atomic E-state index is 8.43. The van der Waals surface area contributed by atoms with E-state index in [-0.39, 0.29) is 0 Å². The monoisotopic (exact) mass is 248 g/mol. The Kier molecular flexibility index (Phi) is 6.03. The first-order valence-corrected chi connectivity index (χ1v) is 6.02. The lowest BCUT2D eigenvalue weighted by molar-refractivity contribution is 0.354. The maximum absolute atomic E-state index is 8.43. The molecule has 98 valence electrons. The average Bonchev–Trinajstić information content (AvgIpc) is 2.39. The minimum Gasteiger partial charge on any atom is -0.493 e. The number of benzene rings is 1. The molecule has 4 heteroatoms. The van der Waals surface area contributed by atoms with Crippen LogP contribution in [0.15, 0.2) is 12.1 Å². The molecule has 0 atom stereocenters. The summed E-state index contributed by atoms with van der Waals surface area (Å²) in [7, 11) is 3.28. The first-order chi connectivity index (χ1) is 8.72. The van der Waals surface area contributed by atoms with Crippen molar-refractivity contribution >= 4 is 0 Å². The Balaban J connectivity index is 2.63. The highest BCUT2D eigenvalue weighted by molar-refractivity contribution is 5.47. The van der Waals surface area contributed by atoms with E-state index in [2.05, 4.69) is 18.3 Å². The zero-order valence-corrected chi connectivity index (χ0v) is 11.2. The molecule has 0 fully saturated rings. The van der Waals surface area contributed by atoms with Crippen LogP contribution in [-0.4, -0.2) is 27.3 Å². The first kappa shape index (κ1) is 14.3. The number of hydrogen-bond acceptors (Lipinski definition) is 4. The van der Waals surface area contributed by atoms with Crippen molar-refractivity contribution in [2.45, 2.75) is 19.8 Å². The van der Waals surface area contributed by atoms with Crippen molar-refractivity contribution in [3.63, 3.8) is 0 Å². The third-order valence-electron chi connectivity index (χ3n) is 2.83. The number of rotatable bonds is 7. The molecule has 0 aliphatic heterocycles. The third-order valence-corrected chi connectivity index (χ3v) is 2.83. The Morgan fingerprint density at radius 2 is 1.83 bits per heavy atom. The Bertz CT molecular complexity index is 425. The Morgan fingerprint density at radius 3 is 2.44 bits per heavy atom. The lowest BCUT2D eigenvalue weighted by atomic mass is 10.0. The Morgan fingerprint density at radius 1 is 1.17 bits per heavy atom. The summed E-state index contributed by atoms with van der Waals surface area (Å²) in [4.78, 5) is 0. The quantitative estimate of drug-likeness (QED) is 0.750. The molecule has 1 N–H and O–H groups in total. The lowest BCUT2D eigenvalue weighted by Crippen LogP contribution is -2.18. The summed E-state index contributed by atoms with van der Waals surface area (Å²) < 4.78 is 10.5. The fraction of sp³-hybridized carbons (Fsp3) is 0.500. The molecule has 0 aliphatic rings.